The average molecular weight is 374 g/mol. The molecule has 3 rings (SSSR count). The molecule has 1 atom stereocenters. The Bertz CT molecular complexity index is 879. The number of amides is 1. The minimum atomic E-state index is -0.751. The highest BCUT2D eigenvalue weighted by atomic mass is 35.5. The maximum absolute atomic E-state index is 12.9. The SMILES string of the molecule is C[C@H](Oc1ccc(F)cc1)C(=O)Nc1ccnn1Cc1ccc(Cl)cc1. The van der Waals surface area contributed by atoms with Gasteiger partial charge in [-0.1, -0.05) is 23.7 Å². The Balaban J connectivity index is 1.63. The summed E-state index contributed by atoms with van der Waals surface area (Å²) in [5.74, 6) is 0.288. The predicted octanol–water partition coefficient (Wildman–Crippen LogP) is 4.13. The van der Waals surface area contributed by atoms with Crippen molar-refractivity contribution < 1.29 is 13.9 Å². The lowest BCUT2D eigenvalue weighted by atomic mass is 10.2. The highest BCUT2D eigenvalue weighted by Crippen LogP contribution is 2.16. The molecule has 0 bridgehead atoms. The van der Waals surface area contributed by atoms with E-state index in [-0.39, 0.29) is 11.7 Å². The Hall–Kier alpha value is -2.86. The number of hydrogen-bond donors (Lipinski definition) is 1. The number of benzene rings is 2. The van der Waals surface area contributed by atoms with Gasteiger partial charge in [-0.3, -0.25) is 4.79 Å². The topological polar surface area (TPSA) is 56.1 Å². The molecule has 0 saturated carbocycles. The van der Waals surface area contributed by atoms with Gasteiger partial charge in [0.25, 0.3) is 5.91 Å². The van der Waals surface area contributed by atoms with E-state index in [0.29, 0.717) is 23.1 Å². The summed E-state index contributed by atoms with van der Waals surface area (Å²) < 4.78 is 20.1. The molecule has 0 spiro atoms. The lowest BCUT2D eigenvalue weighted by Crippen LogP contribution is -2.31. The van der Waals surface area contributed by atoms with Crippen LogP contribution in [0.25, 0.3) is 0 Å². The van der Waals surface area contributed by atoms with Gasteiger partial charge in [0.2, 0.25) is 0 Å². The van der Waals surface area contributed by atoms with E-state index in [9.17, 15) is 9.18 Å². The van der Waals surface area contributed by atoms with Crippen LogP contribution in [0.15, 0.2) is 60.8 Å². The molecule has 1 N–H and O–H groups in total. The van der Waals surface area contributed by atoms with Gasteiger partial charge in [0.15, 0.2) is 6.10 Å². The fourth-order valence-electron chi connectivity index (χ4n) is 2.33. The molecular weight excluding hydrogens is 357 g/mol. The maximum Gasteiger partial charge on any atom is 0.266 e. The second kappa shape index (κ2) is 8.01. The zero-order chi connectivity index (χ0) is 18.5. The Labute approximate surface area is 155 Å². The molecule has 26 heavy (non-hydrogen) atoms. The quantitative estimate of drug-likeness (QED) is 0.706. The molecule has 1 amide bonds. The van der Waals surface area contributed by atoms with Crippen LogP contribution in [0.4, 0.5) is 10.2 Å². The molecule has 134 valence electrons. The number of nitrogens with zero attached hydrogens (tertiary/aromatic N) is 2. The maximum atomic E-state index is 12.9. The summed E-state index contributed by atoms with van der Waals surface area (Å²) in [6.45, 7) is 2.12. The fraction of sp³-hybridized carbons (Fsp3) is 0.158. The van der Waals surface area contributed by atoms with Crippen LogP contribution in [0, 0.1) is 5.82 Å². The van der Waals surface area contributed by atoms with E-state index in [1.54, 1.807) is 36.0 Å². The predicted molar refractivity (Wildman–Crippen MR) is 97.9 cm³/mol. The van der Waals surface area contributed by atoms with Crippen LogP contribution < -0.4 is 10.1 Å². The van der Waals surface area contributed by atoms with E-state index in [2.05, 4.69) is 10.4 Å². The average Bonchev–Trinajstić information content (AvgIpc) is 3.05. The number of carbonyl (C=O) groups excluding carboxylic acids is 1. The number of aromatic nitrogens is 2. The molecule has 3 aromatic rings. The number of ether oxygens (including phenoxy) is 1. The van der Waals surface area contributed by atoms with Crippen molar-refractivity contribution in [2.45, 2.75) is 19.6 Å². The summed E-state index contributed by atoms with van der Waals surface area (Å²) in [6.07, 6.45) is 0.858. The normalized spacial score (nSPS) is 11.8. The lowest BCUT2D eigenvalue weighted by Gasteiger charge is -2.15. The van der Waals surface area contributed by atoms with Gasteiger partial charge >= 0.3 is 0 Å². The number of carbonyl (C=O) groups is 1. The second-order valence-corrected chi connectivity index (χ2v) is 6.14. The van der Waals surface area contributed by atoms with Crippen LogP contribution in [0.1, 0.15) is 12.5 Å². The van der Waals surface area contributed by atoms with Crippen molar-refractivity contribution in [3.8, 4) is 5.75 Å². The van der Waals surface area contributed by atoms with Crippen LogP contribution in [0.2, 0.25) is 5.02 Å². The van der Waals surface area contributed by atoms with E-state index in [4.69, 9.17) is 16.3 Å². The molecule has 0 aliphatic carbocycles. The van der Waals surface area contributed by atoms with Gasteiger partial charge in [-0.15, -0.1) is 0 Å². The standard InChI is InChI=1S/C19H17ClFN3O2/c1-13(26-17-8-6-16(21)7-9-17)19(25)23-18-10-11-22-24(18)12-14-2-4-15(20)5-3-14/h2-11,13H,12H2,1H3,(H,23,25)/t13-/m0/s1. The number of rotatable bonds is 6. The Kier molecular flexibility index (Phi) is 5.53. The van der Waals surface area contributed by atoms with Crippen molar-refractivity contribution in [1.82, 2.24) is 9.78 Å². The zero-order valence-electron chi connectivity index (χ0n) is 14.0. The molecule has 1 heterocycles. The highest BCUT2D eigenvalue weighted by Gasteiger charge is 2.17. The summed E-state index contributed by atoms with van der Waals surface area (Å²) in [7, 11) is 0. The smallest absolute Gasteiger partial charge is 0.266 e. The van der Waals surface area contributed by atoms with Crippen molar-refractivity contribution in [2.24, 2.45) is 0 Å². The summed E-state index contributed by atoms with van der Waals surface area (Å²) in [4.78, 5) is 12.4. The molecule has 2 aromatic carbocycles. The van der Waals surface area contributed by atoms with Gasteiger partial charge < -0.3 is 10.1 Å². The molecule has 0 radical (unpaired) electrons. The van der Waals surface area contributed by atoms with E-state index in [1.165, 1.54) is 24.3 Å². The van der Waals surface area contributed by atoms with Gasteiger partial charge in [-0.05, 0) is 48.9 Å². The van der Waals surface area contributed by atoms with Crippen molar-refractivity contribution in [3.63, 3.8) is 0 Å². The van der Waals surface area contributed by atoms with E-state index >= 15 is 0 Å². The van der Waals surface area contributed by atoms with Crippen molar-refractivity contribution in [2.75, 3.05) is 5.32 Å². The Morgan fingerprint density at radius 1 is 1.19 bits per heavy atom. The largest absolute Gasteiger partial charge is 0.481 e. The van der Waals surface area contributed by atoms with Crippen LogP contribution in [0.5, 0.6) is 5.75 Å². The van der Waals surface area contributed by atoms with Crippen molar-refractivity contribution >= 4 is 23.3 Å². The van der Waals surface area contributed by atoms with Gasteiger partial charge in [-0.25, -0.2) is 9.07 Å². The van der Waals surface area contributed by atoms with Crippen molar-refractivity contribution in [1.29, 1.82) is 0 Å². The minimum Gasteiger partial charge on any atom is -0.481 e. The Morgan fingerprint density at radius 2 is 1.88 bits per heavy atom. The summed E-state index contributed by atoms with van der Waals surface area (Å²) >= 11 is 5.89. The third-order valence-electron chi connectivity index (χ3n) is 3.71. The zero-order valence-corrected chi connectivity index (χ0v) is 14.8. The molecule has 0 aliphatic heterocycles. The molecule has 0 fully saturated rings. The summed E-state index contributed by atoms with van der Waals surface area (Å²) in [5, 5.41) is 7.68. The minimum absolute atomic E-state index is 0.327. The molecule has 1 aromatic heterocycles. The van der Waals surface area contributed by atoms with Crippen LogP contribution in [-0.4, -0.2) is 21.8 Å². The number of halogens is 2. The monoisotopic (exact) mass is 373 g/mol. The van der Waals surface area contributed by atoms with E-state index < -0.39 is 6.10 Å². The first-order chi connectivity index (χ1) is 12.5. The molecule has 7 heteroatoms. The first-order valence-electron chi connectivity index (χ1n) is 8.00. The van der Waals surface area contributed by atoms with E-state index in [0.717, 1.165) is 5.56 Å². The van der Waals surface area contributed by atoms with Gasteiger partial charge in [0, 0.05) is 11.1 Å². The van der Waals surface area contributed by atoms with Gasteiger partial charge in [0.1, 0.15) is 17.4 Å². The Morgan fingerprint density at radius 3 is 2.58 bits per heavy atom. The highest BCUT2D eigenvalue weighted by molar-refractivity contribution is 6.30. The lowest BCUT2D eigenvalue weighted by molar-refractivity contribution is -0.122. The molecule has 0 unspecified atom stereocenters. The van der Waals surface area contributed by atoms with Gasteiger partial charge in [-0.2, -0.15) is 5.10 Å². The van der Waals surface area contributed by atoms with Gasteiger partial charge in [0.05, 0.1) is 12.7 Å². The molecular formula is C19H17ClFN3O2. The third kappa shape index (κ3) is 4.61. The number of anilines is 1. The fourth-order valence-corrected chi connectivity index (χ4v) is 2.45. The summed E-state index contributed by atoms with van der Waals surface area (Å²) in [6, 6.07) is 14.6. The first-order valence-corrected chi connectivity index (χ1v) is 8.38. The number of nitrogens with one attached hydrogen (secondary N) is 1. The number of hydrogen-bond acceptors (Lipinski definition) is 3. The van der Waals surface area contributed by atoms with Crippen LogP contribution in [0.3, 0.4) is 0 Å². The molecule has 0 saturated heterocycles. The van der Waals surface area contributed by atoms with Crippen LogP contribution in [-0.2, 0) is 11.3 Å². The molecule has 0 aliphatic rings. The molecule has 5 nitrogen and oxygen atoms in total. The van der Waals surface area contributed by atoms with Crippen LogP contribution >= 0.6 is 11.6 Å². The third-order valence-corrected chi connectivity index (χ3v) is 3.96. The second-order valence-electron chi connectivity index (χ2n) is 5.70. The van der Waals surface area contributed by atoms with Crippen molar-refractivity contribution in [3.05, 3.63) is 77.2 Å². The summed E-state index contributed by atoms with van der Waals surface area (Å²) in [5.41, 5.74) is 1.00. The first kappa shape index (κ1) is 17.9. The van der Waals surface area contributed by atoms with E-state index in [1.807, 2.05) is 12.1 Å².